The Bertz CT molecular complexity index is 1110. The molecule has 4 rings (SSSR count). The maximum absolute atomic E-state index is 13.1. The number of nitrogens with zero attached hydrogens (tertiary/aromatic N) is 2. The van der Waals surface area contributed by atoms with Crippen LogP contribution in [0.5, 0.6) is 5.75 Å². The Kier molecular flexibility index (Phi) is 4.03. The quantitative estimate of drug-likeness (QED) is 0.666. The number of aliphatic hydroxyl groups excluding tert-OH is 1. The predicted octanol–water partition coefficient (Wildman–Crippen LogP) is 3.37. The molecule has 0 saturated heterocycles. The molecule has 1 atom stereocenters. The fourth-order valence-corrected chi connectivity index (χ4v) is 3.20. The highest BCUT2D eigenvalue weighted by Crippen LogP contribution is 2.42. The van der Waals surface area contributed by atoms with Crippen molar-refractivity contribution in [2.45, 2.75) is 19.9 Å². The summed E-state index contributed by atoms with van der Waals surface area (Å²) in [7, 11) is 0. The summed E-state index contributed by atoms with van der Waals surface area (Å²) in [5, 5.41) is 24.0. The van der Waals surface area contributed by atoms with Crippen molar-refractivity contribution >= 4 is 17.5 Å². The summed E-state index contributed by atoms with van der Waals surface area (Å²) in [5.41, 5.74) is 0.369. The number of rotatable bonds is 4. The van der Waals surface area contributed by atoms with Crippen LogP contribution in [-0.4, -0.2) is 27.1 Å². The van der Waals surface area contributed by atoms with Crippen LogP contribution in [0.1, 0.15) is 33.7 Å². The molecule has 3 aromatic rings. The molecule has 2 aromatic heterocycles. The van der Waals surface area contributed by atoms with E-state index in [2.05, 4.69) is 5.16 Å². The summed E-state index contributed by atoms with van der Waals surface area (Å²) in [5.74, 6) is -0.888. The first-order valence-corrected chi connectivity index (χ1v) is 8.47. The van der Waals surface area contributed by atoms with E-state index in [1.165, 1.54) is 29.2 Å². The Balaban J connectivity index is 1.87. The van der Waals surface area contributed by atoms with Crippen LogP contribution in [0.25, 0.3) is 0 Å². The molecule has 1 aliphatic heterocycles. The molecular weight excluding hydrogens is 364 g/mol. The number of hydrogen-bond acceptors (Lipinski definition) is 7. The van der Waals surface area contributed by atoms with Gasteiger partial charge in [-0.1, -0.05) is 17.3 Å². The van der Waals surface area contributed by atoms with Crippen LogP contribution in [-0.2, 0) is 4.79 Å². The number of hydrogen-bond donors (Lipinski definition) is 2. The van der Waals surface area contributed by atoms with Gasteiger partial charge in [0, 0.05) is 6.07 Å². The Morgan fingerprint density at radius 2 is 1.79 bits per heavy atom. The summed E-state index contributed by atoms with van der Waals surface area (Å²) < 4.78 is 10.5. The molecule has 3 heterocycles. The lowest BCUT2D eigenvalue weighted by atomic mass is 9.95. The average molecular weight is 380 g/mol. The molecule has 0 spiro atoms. The average Bonchev–Trinajstić information content (AvgIpc) is 3.35. The first-order valence-electron chi connectivity index (χ1n) is 8.47. The topological polar surface area (TPSA) is 117 Å². The van der Waals surface area contributed by atoms with Gasteiger partial charge in [-0.25, -0.2) is 0 Å². The van der Waals surface area contributed by atoms with Gasteiger partial charge in [-0.3, -0.25) is 14.5 Å². The third-order valence-corrected chi connectivity index (χ3v) is 4.49. The third-order valence-electron chi connectivity index (χ3n) is 4.49. The smallest absolute Gasteiger partial charge is 0.295 e. The van der Waals surface area contributed by atoms with Gasteiger partial charge in [0.25, 0.3) is 5.91 Å². The molecule has 1 aromatic carbocycles. The van der Waals surface area contributed by atoms with Crippen molar-refractivity contribution in [3.63, 3.8) is 0 Å². The van der Waals surface area contributed by atoms with Gasteiger partial charge < -0.3 is 19.2 Å². The van der Waals surface area contributed by atoms with Crippen LogP contribution in [0.3, 0.4) is 0 Å². The van der Waals surface area contributed by atoms with Gasteiger partial charge in [0.2, 0.25) is 5.78 Å². The molecule has 8 heteroatoms. The second-order valence-corrected chi connectivity index (χ2v) is 6.47. The van der Waals surface area contributed by atoms with E-state index in [4.69, 9.17) is 8.94 Å². The fourth-order valence-electron chi connectivity index (χ4n) is 3.20. The Hall–Kier alpha value is -3.81. The van der Waals surface area contributed by atoms with E-state index >= 15 is 0 Å². The standard InChI is InChI=1S/C20H16N2O6/c1-10-3-8-14(27-10)18(24)16-17(12-4-6-13(23)7-5-12)22(20(26)19(16)25)15-9-11(2)28-21-15/h3-9,17,23,25H,1-2H3/t17-/m0/s1. The fraction of sp³-hybridized carbons (Fsp3) is 0.150. The number of anilines is 1. The highest BCUT2D eigenvalue weighted by molar-refractivity contribution is 6.19. The zero-order chi connectivity index (χ0) is 20.0. The highest BCUT2D eigenvalue weighted by atomic mass is 16.5. The van der Waals surface area contributed by atoms with Gasteiger partial charge >= 0.3 is 0 Å². The van der Waals surface area contributed by atoms with Crippen molar-refractivity contribution in [3.05, 3.63) is 76.6 Å². The maximum Gasteiger partial charge on any atom is 0.295 e. The van der Waals surface area contributed by atoms with E-state index < -0.39 is 23.5 Å². The lowest BCUT2D eigenvalue weighted by Gasteiger charge is -2.24. The SMILES string of the molecule is Cc1cc(N2C(=O)C(O)=C(C(=O)c3ccc(C)o3)[C@@H]2c2ccc(O)cc2)no1. The minimum Gasteiger partial charge on any atom is -0.508 e. The van der Waals surface area contributed by atoms with Gasteiger partial charge in [-0.15, -0.1) is 0 Å². The minimum atomic E-state index is -0.962. The number of Topliss-reactive ketones (excluding diaryl/α,β-unsaturated/α-hetero) is 1. The lowest BCUT2D eigenvalue weighted by Crippen LogP contribution is -2.31. The molecule has 2 N–H and O–H groups in total. The molecule has 1 amide bonds. The van der Waals surface area contributed by atoms with Crippen molar-refractivity contribution in [2.24, 2.45) is 0 Å². The number of aromatic hydroxyl groups is 1. The number of aliphatic hydroxyl groups is 1. The normalized spacial score (nSPS) is 16.9. The van der Waals surface area contributed by atoms with E-state index in [-0.39, 0.29) is 22.9 Å². The largest absolute Gasteiger partial charge is 0.508 e. The summed E-state index contributed by atoms with van der Waals surface area (Å²) >= 11 is 0. The van der Waals surface area contributed by atoms with Crippen LogP contribution in [0, 0.1) is 13.8 Å². The van der Waals surface area contributed by atoms with E-state index in [0.717, 1.165) is 0 Å². The third kappa shape index (κ3) is 2.75. The first-order chi connectivity index (χ1) is 13.4. The molecule has 0 aliphatic carbocycles. The summed E-state index contributed by atoms with van der Waals surface area (Å²) in [4.78, 5) is 27.1. The maximum atomic E-state index is 13.1. The molecule has 0 radical (unpaired) electrons. The Morgan fingerprint density at radius 1 is 1.07 bits per heavy atom. The van der Waals surface area contributed by atoms with Crippen molar-refractivity contribution in [1.82, 2.24) is 5.16 Å². The second-order valence-electron chi connectivity index (χ2n) is 6.47. The molecule has 142 valence electrons. The van der Waals surface area contributed by atoms with Crippen molar-refractivity contribution in [2.75, 3.05) is 4.90 Å². The number of phenols is 1. The van der Waals surface area contributed by atoms with Gasteiger partial charge in [-0.05, 0) is 43.7 Å². The Morgan fingerprint density at radius 3 is 2.36 bits per heavy atom. The van der Waals surface area contributed by atoms with Crippen LogP contribution in [0.2, 0.25) is 0 Å². The van der Waals surface area contributed by atoms with E-state index in [9.17, 15) is 19.8 Å². The number of carbonyl (C=O) groups is 2. The van der Waals surface area contributed by atoms with Crippen LogP contribution in [0.15, 0.2) is 62.7 Å². The first kappa shape index (κ1) is 17.6. The monoisotopic (exact) mass is 380 g/mol. The highest BCUT2D eigenvalue weighted by Gasteiger charge is 2.46. The molecule has 28 heavy (non-hydrogen) atoms. The molecule has 0 saturated carbocycles. The van der Waals surface area contributed by atoms with E-state index in [1.54, 1.807) is 32.0 Å². The lowest BCUT2D eigenvalue weighted by molar-refractivity contribution is -0.117. The van der Waals surface area contributed by atoms with Gasteiger partial charge in [0.15, 0.2) is 17.3 Å². The Labute approximate surface area is 159 Å². The predicted molar refractivity (Wildman–Crippen MR) is 97.0 cm³/mol. The van der Waals surface area contributed by atoms with Crippen molar-refractivity contribution in [1.29, 1.82) is 0 Å². The number of amides is 1. The number of ketones is 1. The number of benzene rings is 1. The zero-order valence-electron chi connectivity index (χ0n) is 15.0. The molecule has 0 fully saturated rings. The molecule has 1 aliphatic rings. The number of aromatic nitrogens is 1. The number of furan rings is 1. The van der Waals surface area contributed by atoms with E-state index in [1.807, 2.05) is 0 Å². The number of carbonyl (C=O) groups excluding carboxylic acids is 2. The van der Waals surface area contributed by atoms with Crippen molar-refractivity contribution in [3.8, 4) is 5.75 Å². The summed E-state index contributed by atoms with van der Waals surface area (Å²) in [6, 6.07) is 9.66. The molecule has 0 bridgehead atoms. The van der Waals surface area contributed by atoms with Crippen LogP contribution in [0.4, 0.5) is 5.82 Å². The van der Waals surface area contributed by atoms with Gasteiger partial charge in [-0.2, -0.15) is 0 Å². The number of phenolic OH excluding ortho intramolecular Hbond substituents is 1. The molecule has 8 nitrogen and oxygen atoms in total. The summed E-state index contributed by atoms with van der Waals surface area (Å²) in [6.45, 7) is 3.35. The molecular formula is C20H16N2O6. The van der Waals surface area contributed by atoms with Crippen LogP contribution >= 0.6 is 0 Å². The van der Waals surface area contributed by atoms with Gasteiger partial charge in [0.1, 0.15) is 17.3 Å². The van der Waals surface area contributed by atoms with Gasteiger partial charge in [0.05, 0.1) is 11.6 Å². The van der Waals surface area contributed by atoms with Crippen LogP contribution < -0.4 is 4.90 Å². The molecule has 0 unspecified atom stereocenters. The minimum absolute atomic E-state index is 0.00816. The van der Waals surface area contributed by atoms with E-state index in [0.29, 0.717) is 17.1 Å². The summed E-state index contributed by atoms with van der Waals surface area (Å²) in [6.07, 6.45) is 0. The zero-order valence-corrected chi connectivity index (χ0v) is 15.0. The van der Waals surface area contributed by atoms with Crippen molar-refractivity contribution < 1.29 is 28.7 Å². The number of aryl methyl sites for hydroxylation is 2. The second kappa shape index (κ2) is 6.41.